The first-order valence-corrected chi connectivity index (χ1v) is 7.21. The molecule has 0 spiro atoms. The second-order valence-electron chi connectivity index (χ2n) is 5.18. The van der Waals surface area contributed by atoms with Crippen LogP contribution in [0.5, 0.6) is 0 Å². The Morgan fingerprint density at radius 2 is 2.12 bits per heavy atom. The standard InChI is InChI=1S/C14H28N2O/c1-4-6-11-16(12(3)5-2)14(17)9-10-15-13-7-8-13/h12-13,15H,4-11H2,1-3H3. The summed E-state index contributed by atoms with van der Waals surface area (Å²) >= 11 is 0. The molecule has 1 atom stereocenters. The van der Waals surface area contributed by atoms with Gasteiger partial charge in [0.05, 0.1) is 0 Å². The van der Waals surface area contributed by atoms with Gasteiger partial charge in [0.1, 0.15) is 0 Å². The van der Waals surface area contributed by atoms with Gasteiger partial charge in [0.15, 0.2) is 0 Å². The van der Waals surface area contributed by atoms with Crippen molar-refractivity contribution in [3.8, 4) is 0 Å². The van der Waals surface area contributed by atoms with Gasteiger partial charge in [-0.05, 0) is 32.6 Å². The SMILES string of the molecule is CCCCN(C(=O)CCNC1CC1)C(C)CC. The largest absolute Gasteiger partial charge is 0.340 e. The van der Waals surface area contributed by atoms with E-state index < -0.39 is 0 Å². The van der Waals surface area contributed by atoms with Crippen molar-refractivity contribution in [2.45, 2.75) is 71.4 Å². The maximum absolute atomic E-state index is 12.1. The number of unbranched alkanes of at least 4 members (excludes halogenated alkanes) is 1. The lowest BCUT2D eigenvalue weighted by atomic mass is 10.2. The molecule has 3 heteroatoms. The average Bonchev–Trinajstić information content (AvgIpc) is 3.13. The highest BCUT2D eigenvalue weighted by Gasteiger charge is 2.22. The lowest BCUT2D eigenvalue weighted by molar-refractivity contribution is -0.133. The molecule has 1 aliphatic carbocycles. The second-order valence-corrected chi connectivity index (χ2v) is 5.18. The van der Waals surface area contributed by atoms with Crippen LogP contribution in [0.1, 0.15) is 59.3 Å². The molecule has 0 heterocycles. The van der Waals surface area contributed by atoms with E-state index in [1.807, 2.05) is 0 Å². The fourth-order valence-corrected chi connectivity index (χ4v) is 1.95. The van der Waals surface area contributed by atoms with E-state index in [1.165, 1.54) is 12.8 Å². The molecule has 1 saturated carbocycles. The van der Waals surface area contributed by atoms with Crippen molar-refractivity contribution in [3.63, 3.8) is 0 Å². The summed E-state index contributed by atoms with van der Waals surface area (Å²) in [5.41, 5.74) is 0. The number of carbonyl (C=O) groups excluding carboxylic acids is 1. The Hall–Kier alpha value is -0.570. The molecule has 1 rings (SSSR count). The van der Waals surface area contributed by atoms with Gasteiger partial charge in [-0.25, -0.2) is 0 Å². The number of hydrogen-bond acceptors (Lipinski definition) is 2. The van der Waals surface area contributed by atoms with Crippen molar-refractivity contribution in [1.82, 2.24) is 10.2 Å². The number of carbonyl (C=O) groups is 1. The molecule has 17 heavy (non-hydrogen) atoms. The van der Waals surface area contributed by atoms with Gasteiger partial charge in [-0.1, -0.05) is 20.3 Å². The molecule has 1 unspecified atom stereocenters. The molecular weight excluding hydrogens is 212 g/mol. The summed E-state index contributed by atoms with van der Waals surface area (Å²) in [6, 6.07) is 1.09. The monoisotopic (exact) mass is 240 g/mol. The van der Waals surface area contributed by atoms with Crippen LogP contribution in [0.3, 0.4) is 0 Å². The lowest BCUT2D eigenvalue weighted by Gasteiger charge is -2.28. The van der Waals surface area contributed by atoms with Crippen LogP contribution in [-0.2, 0) is 4.79 Å². The predicted molar refractivity (Wildman–Crippen MR) is 72.0 cm³/mol. The van der Waals surface area contributed by atoms with Gasteiger partial charge in [0, 0.05) is 31.6 Å². The van der Waals surface area contributed by atoms with Crippen molar-refractivity contribution >= 4 is 5.91 Å². The highest BCUT2D eigenvalue weighted by Crippen LogP contribution is 2.18. The summed E-state index contributed by atoms with van der Waals surface area (Å²) in [4.78, 5) is 14.2. The molecule has 0 aliphatic heterocycles. The molecule has 1 aliphatic rings. The second kappa shape index (κ2) is 7.70. The topological polar surface area (TPSA) is 32.3 Å². The molecule has 0 aromatic heterocycles. The maximum atomic E-state index is 12.1. The van der Waals surface area contributed by atoms with Gasteiger partial charge in [0.25, 0.3) is 0 Å². The molecular formula is C14H28N2O. The van der Waals surface area contributed by atoms with Crippen LogP contribution in [0.15, 0.2) is 0 Å². The van der Waals surface area contributed by atoms with E-state index in [2.05, 4.69) is 31.0 Å². The Kier molecular flexibility index (Phi) is 6.56. The van der Waals surface area contributed by atoms with E-state index in [0.29, 0.717) is 24.4 Å². The van der Waals surface area contributed by atoms with Crippen molar-refractivity contribution in [3.05, 3.63) is 0 Å². The first-order valence-electron chi connectivity index (χ1n) is 7.21. The molecule has 1 fully saturated rings. The minimum atomic E-state index is 0.320. The fourth-order valence-electron chi connectivity index (χ4n) is 1.95. The zero-order valence-corrected chi connectivity index (χ0v) is 11.7. The molecule has 0 radical (unpaired) electrons. The Bertz CT molecular complexity index is 226. The summed E-state index contributed by atoms with van der Waals surface area (Å²) in [6.45, 7) is 8.26. The van der Waals surface area contributed by atoms with Crippen LogP contribution in [0.4, 0.5) is 0 Å². The van der Waals surface area contributed by atoms with Crippen molar-refractivity contribution in [2.24, 2.45) is 0 Å². The summed E-state index contributed by atoms with van der Waals surface area (Å²) in [5.74, 6) is 0.320. The normalized spacial score (nSPS) is 16.9. The van der Waals surface area contributed by atoms with Gasteiger partial charge in [0.2, 0.25) is 5.91 Å². The van der Waals surface area contributed by atoms with Crippen LogP contribution in [-0.4, -0.2) is 36.0 Å². The highest BCUT2D eigenvalue weighted by molar-refractivity contribution is 5.76. The lowest BCUT2D eigenvalue weighted by Crippen LogP contribution is -2.40. The van der Waals surface area contributed by atoms with Gasteiger partial charge in [-0.2, -0.15) is 0 Å². The molecule has 0 saturated heterocycles. The van der Waals surface area contributed by atoms with Crippen LogP contribution in [0.2, 0.25) is 0 Å². The molecule has 0 aromatic carbocycles. The van der Waals surface area contributed by atoms with E-state index in [4.69, 9.17) is 0 Å². The number of amides is 1. The minimum Gasteiger partial charge on any atom is -0.340 e. The first kappa shape index (κ1) is 14.5. The quantitative estimate of drug-likeness (QED) is 0.672. The van der Waals surface area contributed by atoms with Crippen LogP contribution in [0, 0.1) is 0 Å². The van der Waals surface area contributed by atoms with Gasteiger partial charge < -0.3 is 10.2 Å². The van der Waals surface area contributed by atoms with Gasteiger partial charge in [-0.15, -0.1) is 0 Å². The summed E-state index contributed by atoms with van der Waals surface area (Å²) in [6.07, 6.45) is 6.56. The highest BCUT2D eigenvalue weighted by atomic mass is 16.2. The van der Waals surface area contributed by atoms with Crippen LogP contribution < -0.4 is 5.32 Å². The Morgan fingerprint density at radius 1 is 1.41 bits per heavy atom. The van der Waals surface area contributed by atoms with Gasteiger partial charge in [-0.3, -0.25) is 4.79 Å². The van der Waals surface area contributed by atoms with E-state index in [9.17, 15) is 4.79 Å². The fraction of sp³-hybridized carbons (Fsp3) is 0.929. The Morgan fingerprint density at radius 3 is 2.65 bits per heavy atom. The summed E-state index contributed by atoms with van der Waals surface area (Å²) in [7, 11) is 0. The number of rotatable bonds is 9. The van der Waals surface area contributed by atoms with Crippen LogP contribution in [0.25, 0.3) is 0 Å². The number of nitrogens with zero attached hydrogens (tertiary/aromatic N) is 1. The van der Waals surface area contributed by atoms with Crippen molar-refractivity contribution < 1.29 is 4.79 Å². The molecule has 0 aromatic rings. The van der Waals surface area contributed by atoms with E-state index in [1.54, 1.807) is 0 Å². The molecule has 1 amide bonds. The molecule has 1 N–H and O–H groups in total. The van der Waals surface area contributed by atoms with E-state index in [0.717, 1.165) is 32.4 Å². The molecule has 0 bridgehead atoms. The minimum absolute atomic E-state index is 0.320. The maximum Gasteiger partial charge on any atom is 0.224 e. The average molecular weight is 240 g/mol. The smallest absolute Gasteiger partial charge is 0.224 e. The third kappa shape index (κ3) is 5.53. The predicted octanol–water partition coefficient (Wildman–Crippen LogP) is 2.56. The summed E-state index contributed by atoms with van der Waals surface area (Å²) < 4.78 is 0. The first-order chi connectivity index (χ1) is 8.19. The summed E-state index contributed by atoms with van der Waals surface area (Å²) in [5, 5.41) is 3.41. The third-order valence-corrected chi connectivity index (χ3v) is 3.55. The van der Waals surface area contributed by atoms with Crippen LogP contribution >= 0.6 is 0 Å². The zero-order valence-electron chi connectivity index (χ0n) is 11.7. The molecule has 100 valence electrons. The Labute approximate surface area is 106 Å². The Balaban J connectivity index is 2.28. The third-order valence-electron chi connectivity index (χ3n) is 3.55. The zero-order chi connectivity index (χ0) is 12.7. The number of hydrogen-bond donors (Lipinski definition) is 1. The van der Waals surface area contributed by atoms with E-state index in [-0.39, 0.29) is 0 Å². The number of nitrogens with one attached hydrogen (secondary N) is 1. The van der Waals surface area contributed by atoms with E-state index >= 15 is 0 Å². The molecule has 3 nitrogen and oxygen atoms in total. The van der Waals surface area contributed by atoms with Gasteiger partial charge >= 0.3 is 0 Å². The van der Waals surface area contributed by atoms with Crippen molar-refractivity contribution in [2.75, 3.05) is 13.1 Å². The van der Waals surface area contributed by atoms with Crippen molar-refractivity contribution in [1.29, 1.82) is 0 Å².